The zero-order valence-electron chi connectivity index (χ0n) is 15.0. The molecular weight excluding hydrogens is 302 g/mol. The van der Waals surface area contributed by atoms with Gasteiger partial charge in [-0.2, -0.15) is 0 Å². The molecule has 24 heavy (non-hydrogen) atoms. The van der Waals surface area contributed by atoms with Crippen molar-refractivity contribution in [3.63, 3.8) is 0 Å². The molecule has 1 aromatic carbocycles. The van der Waals surface area contributed by atoms with Gasteiger partial charge in [-0.05, 0) is 56.2 Å². The first kappa shape index (κ1) is 18.6. The molecule has 1 saturated carbocycles. The number of hydrogen-bond donors (Lipinski definition) is 2. The normalized spacial score (nSPS) is 14.5. The van der Waals surface area contributed by atoms with Crippen LogP contribution in [-0.4, -0.2) is 45.9 Å². The Hall–Kier alpha value is -1.75. The Morgan fingerprint density at radius 2 is 2.00 bits per heavy atom. The van der Waals surface area contributed by atoms with Crippen LogP contribution >= 0.6 is 0 Å². The predicted octanol–water partition coefficient (Wildman–Crippen LogP) is 2.61. The molecule has 0 bridgehead atoms. The Balaban J connectivity index is 1.62. The maximum Gasteiger partial charge on any atom is 0.191 e. The monoisotopic (exact) mass is 333 g/mol. The molecule has 0 aromatic heterocycles. The minimum Gasteiger partial charge on any atom is -0.497 e. The summed E-state index contributed by atoms with van der Waals surface area (Å²) in [5, 5.41) is 6.67. The van der Waals surface area contributed by atoms with Crippen LogP contribution in [0.3, 0.4) is 0 Å². The molecule has 1 aromatic rings. The highest BCUT2D eigenvalue weighted by atomic mass is 16.5. The first-order valence-electron chi connectivity index (χ1n) is 9.04. The lowest BCUT2D eigenvalue weighted by Crippen LogP contribution is -2.38. The smallest absolute Gasteiger partial charge is 0.191 e. The average molecular weight is 333 g/mol. The van der Waals surface area contributed by atoms with Gasteiger partial charge in [0.15, 0.2) is 5.96 Å². The number of benzene rings is 1. The summed E-state index contributed by atoms with van der Waals surface area (Å²) in [7, 11) is 1.69. The first-order valence-corrected chi connectivity index (χ1v) is 9.04. The number of methoxy groups -OCH3 is 1. The van der Waals surface area contributed by atoms with E-state index in [1.54, 1.807) is 7.11 Å². The molecule has 1 aliphatic rings. The minimum atomic E-state index is 0.794. The Morgan fingerprint density at radius 3 is 2.67 bits per heavy atom. The number of aliphatic imine (C=N–C) groups is 1. The third-order valence-electron chi connectivity index (χ3n) is 3.98. The minimum absolute atomic E-state index is 0.794. The largest absolute Gasteiger partial charge is 0.497 e. The fraction of sp³-hybridized carbons (Fsp3) is 0.632. The van der Waals surface area contributed by atoms with Crippen LogP contribution in [0, 0.1) is 5.92 Å². The highest BCUT2D eigenvalue weighted by molar-refractivity contribution is 5.79. The molecule has 0 atom stereocenters. The number of guanidine groups is 1. The summed E-state index contributed by atoms with van der Waals surface area (Å²) in [5.74, 6) is 2.61. The number of nitrogens with one attached hydrogen (secondary N) is 2. The molecular formula is C19H31N3O2. The van der Waals surface area contributed by atoms with Gasteiger partial charge in [-0.1, -0.05) is 12.1 Å². The lowest BCUT2D eigenvalue weighted by atomic mass is 10.1. The molecule has 0 radical (unpaired) electrons. The maximum absolute atomic E-state index is 5.64. The highest BCUT2D eigenvalue weighted by Crippen LogP contribution is 2.28. The maximum atomic E-state index is 5.64. The van der Waals surface area contributed by atoms with Crippen molar-refractivity contribution < 1.29 is 9.47 Å². The van der Waals surface area contributed by atoms with E-state index in [1.165, 1.54) is 18.4 Å². The standard InChI is InChI=1S/C19H31N3O2/c1-3-20-19(21-12-4-14-24-15-17-5-6-17)22-13-11-16-7-9-18(23-2)10-8-16/h7-10,17H,3-6,11-15H2,1-2H3,(H2,20,21,22). The molecule has 0 aliphatic heterocycles. The van der Waals surface area contributed by atoms with E-state index in [0.717, 1.165) is 63.3 Å². The van der Waals surface area contributed by atoms with Gasteiger partial charge in [0.1, 0.15) is 5.75 Å². The molecule has 0 heterocycles. The van der Waals surface area contributed by atoms with E-state index in [2.05, 4.69) is 34.7 Å². The van der Waals surface area contributed by atoms with Crippen LogP contribution in [0.25, 0.3) is 0 Å². The van der Waals surface area contributed by atoms with Crippen molar-refractivity contribution in [2.75, 3.05) is 40.0 Å². The van der Waals surface area contributed by atoms with Crippen molar-refractivity contribution in [3.8, 4) is 5.75 Å². The van der Waals surface area contributed by atoms with Crippen LogP contribution in [0.2, 0.25) is 0 Å². The summed E-state index contributed by atoms with van der Waals surface area (Å²) in [6.07, 6.45) is 4.63. The van der Waals surface area contributed by atoms with E-state index in [1.807, 2.05) is 12.1 Å². The molecule has 0 unspecified atom stereocenters. The highest BCUT2D eigenvalue weighted by Gasteiger charge is 2.20. The van der Waals surface area contributed by atoms with E-state index in [0.29, 0.717) is 0 Å². The molecule has 2 rings (SSSR count). The summed E-state index contributed by atoms with van der Waals surface area (Å²) in [4.78, 5) is 4.60. The second-order valence-electron chi connectivity index (χ2n) is 6.16. The fourth-order valence-electron chi connectivity index (χ4n) is 2.35. The molecule has 0 saturated heterocycles. The van der Waals surface area contributed by atoms with Gasteiger partial charge < -0.3 is 20.1 Å². The SMILES string of the molecule is CCNC(=NCCCOCC1CC1)NCCc1ccc(OC)cc1. The van der Waals surface area contributed by atoms with Gasteiger partial charge in [0.25, 0.3) is 0 Å². The second kappa shape index (κ2) is 10.9. The van der Waals surface area contributed by atoms with Crippen molar-refractivity contribution >= 4 is 5.96 Å². The van der Waals surface area contributed by atoms with Gasteiger partial charge in [-0.25, -0.2) is 0 Å². The van der Waals surface area contributed by atoms with Crippen LogP contribution in [0.4, 0.5) is 0 Å². The molecule has 1 aliphatic carbocycles. The van der Waals surface area contributed by atoms with Crippen LogP contribution in [0.5, 0.6) is 5.75 Å². The summed E-state index contributed by atoms with van der Waals surface area (Å²) in [6, 6.07) is 8.19. The topological polar surface area (TPSA) is 54.9 Å². The Bertz CT molecular complexity index is 484. The molecule has 5 nitrogen and oxygen atoms in total. The Kier molecular flexibility index (Phi) is 8.46. The van der Waals surface area contributed by atoms with Gasteiger partial charge in [-0.3, -0.25) is 4.99 Å². The van der Waals surface area contributed by atoms with E-state index in [4.69, 9.17) is 9.47 Å². The van der Waals surface area contributed by atoms with E-state index in [9.17, 15) is 0 Å². The van der Waals surface area contributed by atoms with Crippen molar-refractivity contribution in [2.24, 2.45) is 10.9 Å². The molecule has 5 heteroatoms. The van der Waals surface area contributed by atoms with E-state index < -0.39 is 0 Å². The molecule has 0 amide bonds. The van der Waals surface area contributed by atoms with Gasteiger partial charge in [-0.15, -0.1) is 0 Å². The number of hydrogen-bond acceptors (Lipinski definition) is 3. The average Bonchev–Trinajstić information content (AvgIpc) is 3.43. The van der Waals surface area contributed by atoms with Gasteiger partial charge >= 0.3 is 0 Å². The van der Waals surface area contributed by atoms with Crippen LogP contribution in [-0.2, 0) is 11.2 Å². The number of rotatable bonds is 11. The van der Waals surface area contributed by atoms with E-state index >= 15 is 0 Å². The van der Waals surface area contributed by atoms with Crippen molar-refractivity contribution in [1.29, 1.82) is 0 Å². The third kappa shape index (κ3) is 7.68. The lowest BCUT2D eigenvalue weighted by Gasteiger charge is -2.11. The predicted molar refractivity (Wildman–Crippen MR) is 98.8 cm³/mol. The zero-order chi connectivity index (χ0) is 17.0. The lowest BCUT2D eigenvalue weighted by molar-refractivity contribution is 0.123. The molecule has 2 N–H and O–H groups in total. The third-order valence-corrected chi connectivity index (χ3v) is 3.98. The van der Waals surface area contributed by atoms with Crippen LogP contribution in [0.1, 0.15) is 31.7 Å². The molecule has 134 valence electrons. The van der Waals surface area contributed by atoms with Gasteiger partial charge in [0.05, 0.1) is 7.11 Å². The second-order valence-corrected chi connectivity index (χ2v) is 6.16. The first-order chi connectivity index (χ1) is 11.8. The van der Waals surface area contributed by atoms with E-state index in [-0.39, 0.29) is 0 Å². The Morgan fingerprint density at radius 1 is 1.21 bits per heavy atom. The molecule has 1 fully saturated rings. The summed E-state index contributed by atoms with van der Waals surface area (Å²) >= 11 is 0. The van der Waals surface area contributed by atoms with Crippen molar-refractivity contribution in [2.45, 2.75) is 32.6 Å². The molecule has 0 spiro atoms. The Labute approximate surface area is 145 Å². The van der Waals surface area contributed by atoms with Gasteiger partial charge in [0.2, 0.25) is 0 Å². The van der Waals surface area contributed by atoms with Crippen LogP contribution < -0.4 is 15.4 Å². The quantitative estimate of drug-likeness (QED) is 0.371. The summed E-state index contributed by atoms with van der Waals surface area (Å²) in [6.45, 7) is 6.35. The number of nitrogens with zero attached hydrogens (tertiary/aromatic N) is 1. The van der Waals surface area contributed by atoms with Crippen LogP contribution in [0.15, 0.2) is 29.3 Å². The zero-order valence-corrected chi connectivity index (χ0v) is 15.0. The fourth-order valence-corrected chi connectivity index (χ4v) is 2.35. The van der Waals surface area contributed by atoms with Crippen molar-refractivity contribution in [1.82, 2.24) is 10.6 Å². The summed E-state index contributed by atoms with van der Waals surface area (Å²) in [5.41, 5.74) is 1.28. The summed E-state index contributed by atoms with van der Waals surface area (Å²) < 4.78 is 10.8. The number of ether oxygens (including phenoxy) is 2. The van der Waals surface area contributed by atoms with Gasteiger partial charge in [0, 0.05) is 32.8 Å². The van der Waals surface area contributed by atoms with Crippen molar-refractivity contribution in [3.05, 3.63) is 29.8 Å².